The molecule has 3 aliphatic heterocycles. The van der Waals surface area contributed by atoms with Crippen molar-refractivity contribution in [3.63, 3.8) is 0 Å². The first-order valence-corrected chi connectivity index (χ1v) is 10.6. The number of benzene rings is 1. The highest BCUT2D eigenvalue weighted by Gasteiger charge is 2.43. The smallest absolute Gasteiger partial charge is 0.407 e. The maximum atomic E-state index is 14.5. The van der Waals surface area contributed by atoms with Crippen LogP contribution in [0, 0.1) is 23.5 Å². The fraction of sp³-hybridized carbons (Fsp3) is 0.682. The van der Waals surface area contributed by atoms with Crippen LogP contribution in [0.3, 0.4) is 0 Å². The molecule has 4 rings (SSSR count). The van der Waals surface area contributed by atoms with Crippen molar-refractivity contribution in [2.75, 3.05) is 32.9 Å². The summed E-state index contributed by atoms with van der Waals surface area (Å²) in [5.41, 5.74) is -0.549. The quantitative estimate of drug-likeness (QED) is 0.807. The van der Waals surface area contributed by atoms with Crippen molar-refractivity contribution in [1.82, 2.24) is 10.2 Å². The van der Waals surface area contributed by atoms with Crippen LogP contribution in [-0.4, -0.2) is 61.6 Å². The molecule has 30 heavy (non-hydrogen) atoms. The summed E-state index contributed by atoms with van der Waals surface area (Å²) in [7, 11) is 0. The van der Waals surface area contributed by atoms with Gasteiger partial charge in [-0.15, -0.1) is 0 Å². The zero-order valence-corrected chi connectivity index (χ0v) is 17.7. The Morgan fingerprint density at radius 1 is 1.17 bits per heavy atom. The Morgan fingerprint density at radius 2 is 1.87 bits per heavy atom. The molecule has 166 valence electrons. The van der Waals surface area contributed by atoms with Gasteiger partial charge in [0.25, 0.3) is 0 Å². The van der Waals surface area contributed by atoms with Crippen LogP contribution >= 0.6 is 0 Å². The average Bonchev–Trinajstić information content (AvgIpc) is 3.24. The first kappa shape index (κ1) is 21.5. The monoisotopic (exact) mass is 424 g/mol. The molecule has 0 spiro atoms. The second-order valence-corrected chi connectivity index (χ2v) is 9.57. The van der Waals surface area contributed by atoms with Gasteiger partial charge in [-0.05, 0) is 45.4 Å². The highest BCUT2D eigenvalue weighted by molar-refractivity contribution is 5.68. The van der Waals surface area contributed by atoms with Crippen molar-refractivity contribution in [3.05, 3.63) is 35.4 Å². The van der Waals surface area contributed by atoms with Crippen LogP contribution in [-0.2, 0) is 14.2 Å². The number of fused-ring (bicyclic) bond motifs is 1. The van der Waals surface area contributed by atoms with Crippen LogP contribution < -0.4 is 5.32 Å². The number of carbonyl (C=O) groups excluding carboxylic acids is 1. The molecule has 0 bridgehead atoms. The molecule has 5 atom stereocenters. The molecule has 1 N–H and O–H groups in total. The Bertz CT molecular complexity index is 773. The van der Waals surface area contributed by atoms with Crippen molar-refractivity contribution in [3.8, 4) is 0 Å². The molecule has 6 nitrogen and oxygen atoms in total. The van der Waals surface area contributed by atoms with E-state index < -0.39 is 35.5 Å². The van der Waals surface area contributed by atoms with Gasteiger partial charge in [-0.2, -0.15) is 0 Å². The summed E-state index contributed by atoms with van der Waals surface area (Å²) in [6.07, 6.45) is -0.805. The zero-order chi connectivity index (χ0) is 21.5. The minimum absolute atomic E-state index is 0.0865. The Kier molecular flexibility index (Phi) is 6.01. The number of halogens is 2. The maximum Gasteiger partial charge on any atom is 0.407 e. The molecule has 0 aromatic heterocycles. The van der Waals surface area contributed by atoms with Gasteiger partial charge in [0.2, 0.25) is 0 Å². The summed E-state index contributed by atoms with van der Waals surface area (Å²) >= 11 is 0. The Morgan fingerprint density at radius 3 is 2.53 bits per heavy atom. The predicted octanol–water partition coefficient (Wildman–Crippen LogP) is 3.27. The normalized spacial score (nSPS) is 32.1. The molecule has 2 unspecified atom stereocenters. The predicted molar refractivity (Wildman–Crippen MR) is 106 cm³/mol. The largest absolute Gasteiger partial charge is 0.444 e. The molecule has 3 fully saturated rings. The third-order valence-electron chi connectivity index (χ3n) is 6.11. The van der Waals surface area contributed by atoms with E-state index in [1.54, 1.807) is 20.8 Å². The van der Waals surface area contributed by atoms with Crippen LogP contribution in [0.2, 0.25) is 0 Å². The third-order valence-corrected chi connectivity index (χ3v) is 6.11. The molecule has 3 saturated heterocycles. The van der Waals surface area contributed by atoms with Crippen LogP contribution in [0.4, 0.5) is 13.6 Å². The van der Waals surface area contributed by atoms with Crippen LogP contribution in [0.15, 0.2) is 18.2 Å². The molecule has 1 aromatic carbocycles. The van der Waals surface area contributed by atoms with E-state index >= 15 is 0 Å². The second-order valence-electron chi connectivity index (χ2n) is 9.57. The fourth-order valence-electron chi connectivity index (χ4n) is 4.72. The number of alkyl carbamates (subject to hydrolysis) is 1. The maximum absolute atomic E-state index is 14.5. The van der Waals surface area contributed by atoms with E-state index in [1.807, 2.05) is 0 Å². The number of hydrogen-bond donors (Lipinski definition) is 1. The lowest BCUT2D eigenvalue weighted by molar-refractivity contribution is -0.0596. The number of nitrogens with one attached hydrogen (secondary N) is 1. The lowest BCUT2D eigenvalue weighted by atomic mass is 9.92. The number of amides is 1. The van der Waals surface area contributed by atoms with Crippen LogP contribution in [0.25, 0.3) is 0 Å². The summed E-state index contributed by atoms with van der Waals surface area (Å²) in [5.74, 6) is -0.0366. The molecular formula is C22H30F2N2O4. The van der Waals surface area contributed by atoms with E-state index in [4.69, 9.17) is 14.2 Å². The number of ether oxygens (including phenoxy) is 3. The third kappa shape index (κ3) is 4.76. The van der Waals surface area contributed by atoms with E-state index in [9.17, 15) is 13.6 Å². The summed E-state index contributed by atoms with van der Waals surface area (Å²) in [6.45, 7) is 9.16. The van der Waals surface area contributed by atoms with E-state index in [1.165, 1.54) is 0 Å². The zero-order valence-electron chi connectivity index (χ0n) is 17.7. The van der Waals surface area contributed by atoms with Crippen molar-refractivity contribution < 1.29 is 27.8 Å². The van der Waals surface area contributed by atoms with E-state index in [2.05, 4.69) is 10.2 Å². The first-order chi connectivity index (χ1) is 14.2. The topological polar surface area (TPSA) is 60.0 Å². The van der Waals surface area contributed by atoms with Crippen molar-refractivity contribution in [2.24, 2.45) is 11.8 Å². The van der Waals surface area contributed by atoms with Gasteiger partial charge in [0.05, 0.1) is 25.9 Å². The standard InChI is InChI=1S/C22H30F2N2O4/c1-22(2,3)30-21(27)25-19-7-16(26-8-13-10-28-11-14(13)9-26)12-29-20(19)17-6-15(23)4-5-18(17)24/h4-6,13-14,16,19-20H,7-12H2,1-3H3,(H,25,27)/t13?,14?,16-,19+,20-/m1/s1. The Balaban J connectivity index is 1.51. The number of nitrogens with zero attached hydrogens (tertiary/aromatic N) is 1. The number of hydrogen-bond acceptors (Lipinski definition) is 5. The summed E-state index contributed by atoms with van der Waals surface area (Å²) in [6, 6.07) is 2.86. The van der Waals surface area contributed by atoms with Gasteiger partial charge in [-0.3, -0.25) is 4.90 Å². The lowest BCUT2D eigenvalue weighted by Crippen LogP contribution is -2.52. The minimum Gasteiger partial charge on any atom is -0.444 e. The number of carbonyl (C=O) groups is 1. The molecule has 3 aliphatic rings. The summed E-state index contributed by atoms with van der Waals surface area (Å²) in [4.78, 5) is 14.8. The highest BCUT2D eigenvalue weighted by atomic mass is 19.1. The molecule has 0 aliphatic carbocycles. The molecule has 3 heterocycles. The van der Waals surface area contributed by atoms with Crippen LogP contribution in [0.1, 0.15) is 38.9 Å². The highest BCUT2D eigenvalue weighted by Crippen LogP contribution is 2.36. The van der Waals surface area contributed by atoms with Gasteiger partial charge in [0.1, 0.15) is 23.3 Å². The van der Waals surface area contributed by atoms with Crippen LogP contribution in [0.5, 0.6) is 0 Å². The van der Waals surface area contributed by atoms with Crippen molar-refractivity contribution in [2.45, 2.75) is 51.0 Å². The fourth-order valence-corrected chi connectivity index (χ4v) is 4.72. The van der Waals surface area contributed by atoms with Crippen molar-refractivity contribution in [1.29, 1.82) is 0 Å². The molecule has 1 aromatic rings. The van der Waals surface area contributed by atoms with E-state index in [0.717, 1.165) is 44.5 Å². The second kappa shape index (κ2) is 8.40. The van der Waals surface area contributed by atoms with Gasteiger partial charge in [-0.1, -0.05) is 0 Å². The molecule has 8 heteroatoms. The number of likely N-dealkylation sites (tertiary alicyclic amines) is 1. The molecular weight excluding hydrogens is 394 g/mol. The SMILES string of the molecule is CC(C)(C)OC(=O)N[C@H]1C[C@@H](N2CC3COCC3C2)CO[C@@H]1c1cc(F)ccc1F. The Hall–Kier alpha value is -1.77. The van der Waals surface area contributed by atoms with Gasteiger partial charge in [0, 0.05) is 36.5 Å². The van der Waals surface area contributed by atoms with Gasteiger partial charge >= 0.3 is 6.09 Å². The van der Waals surface area contributed by atoms with Gasteiger partial charge in [0.15, 0.2) is 0 Å². The summed E-state index contributed by atoms with van der Waals surface area (Å²) < 4.78 is 45.3. The lowest BCUT2D eigenvalue weighted by Gasteiger charge is -2.40. The summed E-state index contributed by atoms with van der Waals surface area (Å²) in [5, 5.41) is 2.85. The molecule has 1 amide bonds. The minimum atomic E-state index is -0.782. The molecule has 0 radical (unpaired) electrons. The van der Waals surface area contributed by atoms with E-state index in [-0.39, 0.29) is 11.6 Å². The van der Waals surface area contributed by atoms with Gasteiger partial charge in [-0.25, -0.2) is 13.6 Å². The first-order valence-electron chi connectivity index (χ1n) is 10.6. The van der Waals surface area contributed by atoms with E-state index in [0.29, 0.717) is 24.9 Å². The average molecular weight is 424 g/mol. The van der Waals surface area contributed by atoms with Crippen molar-refractivity contribution >= 4 is 6.09 Å². The van der Waals surface area contributed by atoms with Gasteiger partial charge < -0.3 is 19.5 Å². The number of rotatable bonds is 3. The Labute approximate surface area is 175 Å². The molecule has 0 saturated carbocycles.